The Kier molecular flexibility index (Phi) is 4.06. The van der Waals surface area contributed by atoms with Crippen LogP contribution in [-0.4, -0.2) is 45.5 Å². The van der Waals surface area contributed by atoms with Crippen molar-refractivity contribution < 1.29 is 4.79 Å². The molecule has 0 aliphatic carbocycles. The first-order valence-corrected chi connectivity index (χ1v) is 8.69. The Bertz CT molecular complexity index is 816. The van der Waals surface area contributed by atoms with Crippen LogP contribution < -0.4 is 10.9 Å². The summed E-state index contributed by atoms with van der Waals surface area (Å²) in [4.78, 5) is 31.3. The molecule has 1 N–H and O–H groups in total. The molecule has 6 heteroatoms. The van der Waals surface area contributed by atoms with E-state index in [0.717, 1.165) is 25.9 Å². The van der Waals surface area contributed by atoms with Crippen molar-refractivity contribution in [1.29, 1.82) is 0 Å². The highest BCUT2D eigenvalue weighted by atomic mass is 16.2. The summed E-state index contributed by atoms with van der Waals surface area (Å²) in [7, 11) is 0. The van der Waals surface area contributed by atoms with Crippen LogP contribution in [0, 0.1) is 0 Å². The molecule has 3 heterocycles. The van der Waals surface area contributed by atoms with Gasteiger partial charge in [-0.2, -0.15) is 0 Å². The minimum absolute atomic E-state index is 0.0787. The molecule has 6 nitrogen and oxygen atoms in total. The normalized spacial score (nSPS) is 23.4. The molecule has 1 aromatic carbocycles. The zero-order valence-corrected chi connectivity index (χ0v) is 13.6. The second-order valence-electron chi connectivity index (χ2n) is 6.78. The van der Waals surface area contributed by atoms with Crippen molar-refractivity contribution in [3.05, 3.63) is 40.9 Å². The highest BCUT2D eigenvalue weighted by Gasteiger charge is 2.30. The summed E-state index contributed by atoms with van der Waals surface area (Å²) in [6.45, 7) is 1.99. The number of para-hydroxylation sites is 1. The minimum Gasteiger partial charge on any atom is -0.341 e. The molecule has 126 valence electrons. The smallest absolute Gasteiger partial charge is 0.261 e. The number of nitrogens with zero attached hydrogens (tertiary/aromatic N) is 3. The van der Waals surface area contributed by atoms with Crippen LogP contribution in [0.2, 0.25) is 0 Å². The molecule has 2 bridgehead atoms. The van der Waals surface area contributed by atoms with E-state index in [-0.39, 0.29) is 11.5 Å². The van der Waals surface area contributed by atoms with E-state index in [9.17, 15) is 9.59 Å². The lowest BCUT2D eigenvalue weighted by atomic mass is 10.1. The Balaban J connectivity index is 1.44. The summed E-state index contributed by atoms with van der Waals surface area (Å²) in [5, 5.41) is 4.18. The lowest BCUT2D eigenvalue weighted by Gasteiger charge is -2.24. The van der Waals surface area contributed by atoms with Crippen LogP contribution >= 0.6 is 0 Å². The monoisotopic (exact) mass is 326 g/mol. The lowest BCUT2D eigenvalue weighted by molar-refractivity contribution is -0.131. The van der Waals surface area contributed by atoms with E-state index < -0.39 is 0 Å². The second kappa shape index (κ2) is 6.36. The van der Waals surface area contributed by atoms with Crippen molar-refractivity contribution >= 4 is 16.8 Å². The van der Waals surface area contributed by atoms with Crippen molar-refractivity contribution in [2.24, 2.45) is 0 Å². The third-order valence-corrected chi connectivity index (χ3v) is 5.17. The predicted molar refractivity (Wildman–Crippen MR) is 91.8 cm³/mol. The Morgan fingerprint density at radius 3 is 2.96 bits per heavy atom. The van der Waals surface area contributed by atoms with Crippen molar-refractivity contribution in [3.63, 3.8) is 0 Å². The molecule has 2 aromatic rings. The molecule has 2 saturated heterocycles. The largest absolute Gasteiger partial charge is 0.341 e. The van der Waals surface area contributed by atoms with Gasteiger partial charge in [0.1, 0.15) is 0 Å². The van der Waals surface area contributed by atoms with Gasteiger partial charge in [-0.15, -0.1) is 0 Å². The number of rotatable bonds is 3. The number of fused-ring (bicyclic) bond motifs is 3. The van der Waals surface area contributed by atoms with Gasteiger partial charge in [-0.25, -0.2) is 4.98 Å². The first-order chi connectivity index (χ1) is 11.7. The SMILES string of the molecule is O=C(CCn1cnc2ccccc2c1=O)N1CCC2CCC(C1)N2. The van der Waals surface area contributed by atoms with Gasteiger partial charge in [-0.1, -0.05) is 12.1 Å². The quantitative estimate of drug-likeness (QED) is 0.918. The van der Waals surface area contributed by atoms with Crippen molar-refractivity contribution in [2.45, 2.75) is 44.3 Å². The van der Waals surface area contributed by atoms with E-state index in [2.05, 4.69) is 10.3 Å². The summed E-state index contributed by atoms with van der Waals surface area (Å²) in [6.07, 6.45) is 5.30. The number of likely N-dealkylation sites (tertiary alicyclic amines) is 1. The summed E-state index contributed by atoms with van der Waals surface area (Å²) in [5.41, 5.74) is 0.615. The van der Waals surface area contributed by atoms with E-state index >= 15 is 0 Å². The van der Waals surface area contributed by atoms with Crippen molar-refractivity contribution in [1.82, 2.24) is 19.8 Å². The molecule has 2 atom stereocenters. The number of hydrogen-bond acceptors (Lipinski definition) is 4. The van der Waals surface area contributed by atoms with Crippen LogP contribution in [0.1, 0.15) is 25.7 Å². The Labute approximate surface area is 140 Å². The van der Waals surface area contributed by atoms with Gasteiger partial charge in [0.2, 0.25) is 5.91 Å². The molecule has 24 heavy (non-hydrogen) atoms. The van der Waals surface area contributed by atoms with Crippen molar-refractivity contribution in [3.8, 4) is 0 Å². The third-order valence-electron chi connectivity index (χ3n) is 5.17. The van der Waals surface area contributed by atoms with Crippen molar-refractivity contribution in [2.75, 3.05) is 13.1 Å². The summed E-state index contributed by atoms with van der Waals surface area (Å²) < 4.78 is 1.54. The molecule has 2 unspecified atom stereocenters. The van der Waals surface area contributed by atoms with Gasteiger partial charge in [0, 0.05) is 38.1 Å². The molecule has 1 aromatic heterocycles. The number of carbonyl (C=O) groups excluding carboxylic acids is 1. The zero-order valence-electron chi connectivity index (χ0n) is 13.6. The van der Waals surface area contributed by atoms with E-state index in [4.69, 9.17) is 0 Å². The standard InChI is InChI=1S/C18H22N4O2/c23-17(21-9-7-13-5-6-14(11-21)20-13)8-10-22-12-19-16-4-2-1-3-15(16)18(22)24/h1-4,12-14,20H,5-11H2. The Morgan fingerprint density at radius 1 is 1.21 bits per heavy atom. The van der Waals surface area contributed by atoms with Crippen LogP contribution in [0.3, 0.4) is 0 Å². The molecule has 0 spiro atoms. The van der Waals surface area contributed by atoms with Crippen LogP contribution in [0.5, 0.6) is 0 Å². The van der Waals surface area contributed by atoms with Gasteiger partial charge >= 0.3 is 0 Å². The summed E-state index contributed by atoms with van der Waals surface area (Å²) >= 11 is 0. The Morgan fingerprint density at radius 2 is 2.04 bits per heavy atom. The fourth-order valence-corrected chi connectivity index (χ4v) is 3.81. The average Bonchev–Trinajstić information content (AvgIpc) is 2.93. The van der Waals surface area contributed by atoms with Gasteiger partial charge < -0.3 is 10.2 Å². The molecule has 0 saturated carbocycles. The Hall–Kier alpha value is -2.21. The molecule has 2 aliphatic heterocycles. The fourth-order valence-electron chi connectivity index (χ4n) is 3.81. The number of carbonyl (C=O) groups is 1. The van der Waals surface area contributed by atoms with Crippen LogP contribution in [-0.2, 0) is 11.3 Å². The minimum atomic E-state index is -0.0787. The van der Waals surface area contributed by atoms with Crippen LogP contribution in [0.25, 0.3) is 10.9 Å². The maximum atomic E-state index is 12.5. The maximum Gasteiger partial charge on any atom is 0.261 e. The van der Waals surface area contributed by atoms with Gasteiger partial charge in [0.05, 0.1) is 17.2 Å². The molecule has 2 aliphatic rings. The van der Waals surface area contributed by atoms with Crippen LogP contribution in [0.4, 0.5) is 0 Å². The fraction of sp³-hybridized carbons (Fsp3) is 0.500. The van der Waals surface area contributed by atoms with E-state index in [1.54, 1.807) is 17.0 Å². The zero-order chi connectivity index (χ0) is 16.5. The maximum absolute atomic E-state index is 12.5. The first kappa shape index (κ1) is 15.3. The summed E-state index contributed by atoms with van der Waals surface area (Å²) in [5.74, 6) is 0.129. The molecular formula is C18H22N4O2. The molecule has 1 amide bonds. The highest BCUT2D eigenvalue weighted by Crippen LogP contribution is 2.20. The van der Waals surface area contributed by atoms with E-state index in [1.807, 2.05) is 23.1 Å². The van der Waals surface area contributed by atoms with E-state index in [1.165, 1.54) is 6.42 Å². The van der Waals surface area contributed by atoms with Gasteiger partial charge in [0.15, 0.2) is 0 Å². The topological polar surface area (TPSA) is 67.2 Å². The lowest BCUT2D eigenvalue weighted by Crippen LogP contribution is -2.39. The first-order valence-electron chi connectivity index (χ1n) is 8.69. The molecule has 0 radical (unpaired) electrons. The molecular weight excluding hydrogens is 304 g/mol. The van der Waals surface area contributed by atoms with E-state index in [0.29, 0.717) is 36.0 Å². The highest BCUT2D eigenvalue weighted by molar-refractivity contribution is 5.77. The number of hydrogen-bond donors (Lipinski definition) is 1. The number of benzene rings is 1. The van der Waals surface area contributed by atoms with Gasteiger partial charge in [-0.3, -0.25) is 14.2 Å². The van der Waals surface area contributed by atoms with Gasteiger partial charge in [-0.05, 0) is 31.4 Å². The van der Waals surface area contributed by atoms with Gasteiger partial charge in [0.25, 0.3) is 5.56 Å². The predicted octanol–water partition coefficient (Wildman–Crippen LogP) is 1.14. The number of amides is 1. The second-order valence-corrected chi connectivity index (χ2v) is 6.78. The molecule has 2 fully saturated rings. The summed E-state index contributed by atoms with van der Waals surface area (Å²) in [6, 6.07) is 8.31. The number of nitrogens with one attached hydrogen (secondary N) is 1. The third kappa shape index (κ3) is 2.94. The molecule has 4 rings (SSSR count). The van der Waals surface area contributed by atoms with Crippen LogP contribution in [0.15, 0.2) is 35.4 Å². The average molecular weight is 326 g/mol. The number of aromatic nitrogens is 2. The number of aryl methyl sites for hydroxylation is 1.